The first-order chi connectivity index (χ1) is 17.4. The third-order valence-corrected chi connectivity index (χ3v) is 7.97. The average Bonchev–Trinajstić information content (AvgIpc) is 3.21. The molecule has 3 aromatic rings. The molecule has 2 heterocycles. The monoisotopic (exact) mass is 499 g/mol. The van der Waals surface area contributed by atoms with Gasteiger partial charge in [-0.2, -0.15) is 0 Å². The summed E-state index contributed by atoms with van der Waals surface area (Å²) in [4.78, 5) is 44.5. The second-order valence-corrected chi connectivity index (χ2v) is 10.5. The van der Waals surface area contributed by atoms with Crippen molar-refractivity contribution in [2.75, 3.05) is 28.2 Å². The van der Waals surface area contributed by atoms with Crippen LogP contribution in [0.15, 0.2) is 70.5 Å². The Morgan fingerprint density at radius 3 is 2.58 bits per heavy atom. The van der Waals surface area contributed by atoms with Gasteiger partial charge in [-0.25, -0.2) is 0 Å². The summed E-state index contributed by atoms with van der Waals surface area (Å²) in [6.45, 7) is 7.09. The predicted octanol–water partition coefficient (Wildman–Crippen LogP) is 5.82. The smallest absolute Gasteiger partial charge is 0.259 e. The van der Waals surface area contributed by atoms with Crippen LogP contribution in [0.3, 0.4) is 0 Å². The van der Waals surface area contributed by atoms with E-state index in [-0.39, 0.29) is 24.1 Å². The van der Waals surface area contributed by atoms with Gasteiger partial charge < -0.3 is 15.1 Å². The van der Waals surface area contributed by atoms with Crippen molar-refractivity contribution < 1.29 is 14.4 Å². The number of benzene rings is 3. The quantitative estimate of drug-likeness (QED) is 0.481. The highest BCUT2D eigenvalue weighted by Crippen LogP contribution is 2.42. The molecule has 5 rings (SSSR count). The average molecular weight is 500 g/mol. The molecule has 184 valence electrons. The fourth-order valence-corrected chi connectivity index (χ4v) is 5.84. The lowest BCUT2D eigenvalue weighted by Crippen LogP contribution is -2.31. The molecule has 1 fully saturated rings. The van der Waals surface area contributed by atoms with Gasteiger partial charge in [0.1, 0.15) is 0 Å². The van der Waals surface area contributed by atoms with Crippen LogP contribution in [0.1, 0.15) is 41.3 Å². The van der Waals surface area contributed by atoms with Gasteiger partial charge in [0.2, 0.25) is 11.8 Å². The Labute approximate surface area is 215 Å². The van der Waals surface area contributed by atoms with E-state index in [1.165, 1.54) is 17.3 Å². The summed E-state index contributed by atoms with van der Waals surface area (Å²) in [7, 11) is 0. The minimum atomic E-state index is -0.426. The van der Waals surface area contributed by atoms with Crippen LogP contribution in [-0.2, 0) is 9.59 Å². The van der Waals surface area contributed by atoms with Crippen molar-refractivity contribution >= 4 is 46.5 Å². The first-order valence-electron chi connectivity index (χ1n) is 12.3. The Hall–Kier alpha value is -3.58. The first kappa shape index (κ1) is 24.1. The number of amides is 3. The lowest BCUT2D eigenvalue weighted by molar-refractivity contribution is -0.122. The van der Waals surface area contributed by atoms with Gasteiger partial charge in [0.15, 0.2) is 0 Å². The van der Waals surface area contributed by atoms with Crippen molar-refractivity contribution in [3.05, 3.63) is 77.4 Å². The van der Waals surface area contributed by atoms with E-state index in [0.29, 0.717) is 24.3 Å². The number of nitrogens with zero attached hydrogens (tertiary/aromatic N) is 2. The first-order valence-corrected chi connectivity index (χ1v) is 13.1. The molecule has 1 atom stereocenters. The van der Waals surface area contributed by atoms with E-state index in [1.807, 2.05) is 79.4 Å². The summed E-state index contributed by atoms with van der Waals surface area (Å²) in [5.41, 5.74) is 5.31. The Morgan fingerprint density at radius 1 is 1.00 bits per heavy atom. The predicted molar refractivity (Wildman–Crippen MR) is 144 cm³/mol. The van der Waals surface area contributed by atoms with Gasteiger partial charge in [-0.15, -0.1) is 0 Å². The molecule has 1 saturated heterocycles. The maximum Gasteiger partial charge on any atom is 0.259 e. The molecule has 2 aliphatic rings. The molecule has 3 aromatic carbocycles. The van der Waals surface area contributed by atoms with Gasteiger partial charge in [-0.1, -0.05) is 36.9 Å². The van der Waals surface area contributed by atoms with Crippen LogP contribution in [0.25, 0.3) is 0 Å². The van der Waals surface area contributed by atoms with Crippen molar-refractivity contribution in [2.24, 2.45) is 5.92 Å². The largest absolute Gasteiger partial charge is 0.326 e. The van der Waals surface area contributed by atoms with Crippen molar-refractivity contribution in [1.29, 1.82) is 0 Å². The van der Waals surface area contributed by atoms with Crippen LogP contribution >= 0.6 is 11.8 Å². The van der Waals surface area contributed by atoms with Gasteiger partial charge in [-0.05, 0) is 73.9 Å². The van der Waals surface area contributed by atoms with E-state index in [4.69, 9.17) is 0 Å². The number of fused-ring (bicyclic) bond motifs is 2. The molecule has 6 nitrogen and oxygen atoms in total. The van der Waals surface area contributed by atoms with E-state index < -0.39 is 5.92 Å². The van der Waals surface area contributed by atoms with Crippen molar-refractivity contribution in [3.63, 3.8) is 0 Å². The highest BCUT2D eigenvalue weighted by atomic mass is 32.2. The highest BCUT2D eigenvalue weighted by Gasteiger charge is 2.35. The SMILES string of the molecule is CCCN1C(=O)c2ccccc2Sc2cc(NC(=O)[C@@H]3CC(=O)N(c4ccc(C)c(C)c4)C3)ccc21. The standard InChI is InChI=1S/C29H29N3O3S/c1-4-13-31-24-12-10-21(16-26(24)36-25-8-6-5-7-23(25)29(31)35)30-28(34)20-15-27(33)32(17-20)22-11-9-18(2)19(3)14-22/h5-12,14,16,20H,4,13,15,17H2,1-3H3,(H,30,34)/t20-/m1/s1. The second-order valence-electron chi connectivity index (χ2n) is 9.40. The fraction of sp³-hybridized carbons (Fsp3) is 0.276. The molecule has 0 aromatic heterocycles. The van der Waals surface area contributed by atoms with Crippen LogP contribution in [-0.4, -0.2) is 30.8 Å². The molecular weight excluding hydrogens is 470 g/mol. The molecule has 0 spiro atoms. The number of carbonyl (C=O) groups excluding carboxylic acids is 3. The normalized spacial score (nSPS) is 17.0. The third-order valence-electron chi connectivity index (χ3n) is 6.85. The van der Waals surface area contributed by atoms with Gasteiger partial charge >= 0.3 is 0 Å². The summed E-state index contributed by atoms with van der Waals surface area (Å²) < 4.78 is 0. The molecule has 3 amide bonds. The van der Waals surface area contributed by atoms with Crippen LogP contribution in [0, 0.1) is 19.8 Å². The Bertz CT molecular complexity index is 1370. The number of anilines is 3. The molecule has 0 unspecified atom stereocenters. The molecule has 0 radical (unpaired) electrons. The van der Waals surface area contributed by atoms with E-state index in [1.54, 1.807) is 4.90 Å². The molecule has 0 aliphatic carbocycles. The minimum absolute atomic E-state index is 0.00797. The molecule has 0 saturated carbocycles. The zero-order valence-electron chi connectivity index (χ0n) is 20.7. The fourth-order valence-electron chi connectivity index (χ4n) is 4.72. The minimum Gasteiger partial charge on any atom is -0.326 e. The number of aryl methyl sites for hydroxylation is 2. The summed E-state index contributed by atoms with van der Waals surface area (Å²) >= 11 is 1.53. The molecular formula is C29H29N3O3S. The molecule has 36 heavy (non-hydrogen) atoms. The van der Waals surface area contributed by atoms with Crippen LogP contribution < -0.4 is 15.1 Å². The van der Waals surface area contributed by atoms with E-state index in [0.717, 1.165) is 33.2 Å². The topological polar surface area (TPSA) is 69.7 Å². The number of carbonyl (C=O) groups is 3. The van der Waals surface area contributed by atoms with Crippen molar-refractivity contribution in [1.82, 2.24) is 0 Å². The van der Waals surface area contributed by atoms with Crippen LogP contribution in [0.4, 0.5) is 17.1 Å². The number of hydrogen-bond donors (Lipinski definition) is 1. The maximum absolute atomic E-state index is 13.3. The second kappa shape index (κ2) is 9.82. The Kier molecular flexibility index (Phi) is 6.58. The summed E-state index contributed by atoms with van der Waals surface area (Å²) in [6.07, 6.45) is 1.02. The number of rotatable bonds is 5. The van der Waals surface area contributed by atoms with Gasteiger partial charge in [0.25, 0.3) is 5.91 Å². The molecule has 2 aliphatic heterocycles. The maximum atomic E-state index is 13.3. The molecule has 7 heteroatoms. The summed E-state index contributed by atoms with van der Waals surface area (Å²) in [6, 6.07) is 19.2. The van der Waals surface area contributed by atoms with E-state index in [9.17, 15) is 14.4 Å². The lowest BCUT2D eigenvalue weighted by atomic mass is 10.1. The lowest BCUT2D eigenvalue weighted by Gasteiger charge is -2.23. The molecule has 1 N–H and O–H groups in total. The van der Waals surface area contributed by atoms with E-state index in [2.05, 4.69) is 12.2 Å². The van der Waals surface area contributed by atoms with Gasteiger partial charge in [-0.3, -0.25) is 14.4 Å². The highest BCUT2D eigenvalue weighted by molar-refractivity contribution is 7.99. The molecule has 0 bridgehead atoms. The van der Waals surface area contributed by atoms with Crippen LogP contribution in [0.5, 0.6) is 0 Å². The zero-order chi connectivity index (χ0) is 25.4. The van der Waals surface area contributed by atoms with Crippen molar-refractivity contribution in [2.45, 2.75) is 43.4 Å². The number of hydrogen-bond acceptors (Lipinski definition) is 4. The van der Waals surface area contributed by atoms with Crippen molar-refractivity contribution in [3.8, 4) is 0 Å². The van der Waals surface area contributed by atoms with Gasteiger partial charge in [0, 0.05) is 40.7 Å². The Morgan fingerprint density at radius 2 is 1.81 bits per heavy atom. The summed E-state index contributed by atoms with van der Waals surface area (Å²) in [5, 5.41) is 3.01. The zero-order valence-corrected chi connectivity index (χ0v) is 21.5. The van der Waals surface area contributed by atoms with Crippen LogP contribution in [0.2, 0.25) is 0 Å². The van der Waals surface area contributed by atoms with E-state index >= 15 is 0 Å². The van der Waals surface area contributed by atoms with Gasteiger partial charge in [0.05, 0.1) is 17.2 Å². The number of nitrogens with one attached hydrogen (secondary N) is 1. The Balaban J connectivity index is 1.36. The summed E-state index contributed by atoms with van der Waals surface area (Å²) in [5.74, 6) is -0.646. The third kappa shape index (κ3) is 4.51.